The molecule has 0 bridgehead atoms. The third kappa shape index (κ3) is 3.17. The summed E-state index contributed by atoms with van der Waals surface area (Å²) in [5.41, 5.74) is 3.36. The van der Waals surface area contributed by atoms with Crippen LogP contribution in [0.1, 0.15) is 55.9 Å². The Hall–Kier alpha value is -2.88. The summed E-state index contributed by atoms with van der Waals surface area (Å²) in [7, 11) is 0. The highest BCUT2D eigenvalue weighted by Gasteiger charge is 2.32. The second kappa shape index (κ2) is 6.06. The van der Waals surface area contributed by atoms with Gasteiger partial charge in [0, 0.05) is 23.1 Å². The van der Waals surface area contributed by atoms with Gasteiger partial charge in [0.15, 0.2) is 0 Å². The molecule has 1 N–H and O–H groups in total. The normalized spacial score (nSPS) is 22.4. The molecule has 0 amide bonds. The predicted molar refractivity (Wildman–Crippen MR) is 114 cm³/mol. The SMILES string of the molecule is CC1(C)C=Cc2cc3c(cc2O1)OC[C@H](c1ccc(O)c2c1OC(C)(C)C=C2)C3. The number of ether oxygens (including phenoxy) is 3. The molecular formula is C25H26O4. The molecule has 2 aromatic carbocycles. The van der Waals surface area contributed by atoms with E-state index in [1.54, 1.807) is 6.07 Å². The van der Waals surface area contributed by atoms with Gasteiger partial charge in [0.05, 0.1) is 12.2 Å². The molecule has 0 radical (unpaired) electrons. The van der Waals surface area contributed by atoms with Crippen LogP contribution in [0.3, 0.4) is 0 Å². The van der Waals surface area contributed by atoms with E-state index in [2.05, 4.69) is 18.2 Å². The number of benzene rings is 2. The van der Waals surface area contributed by atoms with Crippen molar-refractivity contribution in [3.05, 3.63) is 58.7 Å². The van der Waals surface area contributed by atoms with Crippen LogP contribution in [-0.4, -0.2) is 22.9 Å². The van der Waals surface area contributed by atoms with Gasteiger partial charge in [0.1, 0.15) is 34.2 Å². The quantitative estimate of drug-likeness (QED) is 0.700. The minimum absolute atomic E-state index is 0.155. The lowest BCUT2D eigenvalue weighted by Gasteiger charge is -2.34. The van der Waals surface area contributed by atoms with Crippen molar-refractivity contribution in [2.45, 2.75) is 51.2 Å². The molecule has 5 rings (SSSR count). The molecule has 4 heteroatoms. The summed E-state index contributed by atoms with van der Waals surface area (Å²) >= 11 is 0. The topological polar surface area (TPSA) is 47.9 Å². The molecular weight excluding hydrogens is 364 g/mol. The number of fused-ring (bicyclic) bond motifs is 3. The molecule has 3 aliphatic rings. The van der Waals surface area contributed by atoms with Crippen molar-refractivity contribution in [2.75, 3.05) is 6.61 Å². The summed E-state index contributed by atoms with van der Waals surface area (Å²) in [6, 6.07) is 7.90. The van der Waals surface area contributed by atoms with E-state index in [1.807, 2.05) is 52.0 Å². The van der Waals surface area contributed by atoms with Crippen molar-refractivity contribution in [3.63, 3.8) is 0 Å². The van der Waals surface area contributed by atoms with Crippen molar-refractivity contribution in [2.24, 2.45) is 0 Å². The van der Waals surface area contributed by atoms with Crippen LogP contribution in [0.4, 0.5) is 0 Å². The van der Waals surface area contributed by atoms with Gasteiger partial charge in [-0.1, -0.05) is 12.1 Å². The van der Waals surface area contributed by atoms with Crippen molar-refractivity contribution < 1.29 is 19.3 Å². The standard InChI is InChI=1S/C25H26O4/c1-24(2)9-7-15-11-16-12-17(14-27-21(16)13-22(15)28-24)18-5-6-20(26)19-8-10-25(3,4)29-23(18)19/h5-11,13,17,26H,12,14H2,1-4H3/t17-/m1/s1. The van der Waals surface area contributed by atoms with E-state index in [4.69, 9.17) is 14.2 Å². The van der Waals surface area contributed by atoms with Gasteiger partial charge in [-0.15, -0.1) is 0 Å². The third-order valence-corrected chi connectivity index (χ3v) is 5.80. The van der Waals surface area contributed by atoms with Crippen LogP contribution in [0.2, 0.25) is 0 Å². The molecule has 1 atom stereocenters. The Labute approximate surface area is 171 Å². The lowest BCUT2D eigenvalue weighted by molar-refractivity contribution is 0.152. The number of aromatic hydroxyl groups is 1. The maximum atomic E-state index is 10.3. The molecule has 29 heavy (non-hydrogen) atoms. The second-order valence-electron chi connectivity index (χ2n) is 9.20. The molecule has 0 fully saturated rings. The molecule has 2 aromatic rings. The molecule has 3 aliphatic heterocycles. The molecule has 0 saturated heterocycles. The van der Waals surface area contributed by atoms with E-state index >= 15 is 0 Å². The van der Waals surface area contributed by atoms with Gasteiger partial charge in [0.25, 0.3) is 0 Å². The summed E-state index contributed by atoms with van der Waals surface area (Å²) < 4.78 is 18.5. The van der Waals surface area contributed by atoms with Gasteiger partial charge in [-0.25, -0.2) is 0 Å². The second-order valence-corrected chi connectivity index (χ2v) is 9.20. The Bertz CT molecular complexity index is 1060. The van der Waals surface area contributed by atoms with Gasteiger partial charge >= 0.3 is 0 Å². The smallest absolute Gasteiger partial charge is 0.135 e. The summed E-state index contributed by atoms with van der Waals surface area (Å²) in [6.07, 6.45) is 8.99. The van der Waals surface area contributed by atoms with Crippen LogP contribution >= 0.6 is 0 Å². The Morgan fingerprint density at radius 3 is 2.52 bits per heavy atom. The average molecular weight is 390 g/mol. The number of phenolic OH excluding ortho intramolecular Hbond substituents is 1. The Morgan fingerprint density at radius 2 is 1.69 bits per heavy atom. The zero-order valence-electron chi connectivity index (χ0n) is 17.3. The minimum atomic E-state index is -0.406. The molecule has 0 unspecified atom stereocenters. The lowest BCUT2D eigenvalue weighted by Crippen LogP contribution is -2.30. The average Bonchev–Trinajstić information content (AvgIpc) is 2.65. The van der Waals surface area contributed by atoms with Gasteiger partial charge in [-0.05, 0) is 70.0 Å². The first-order chi connectivity index (χ1) is 13.7. The summed E-state index contributed by atoms with van der Waals surface area (Å²) in [5.74, 6) is 2.91. The lowest BCUT2D eigenvalue weighted by atomic mass is 9.86. The van der Waals surface area contributed by atoms with E-state index in [9.17, 15) is 5.11 Å². The third-order valence-electron chi connectivity index (χ3n) is 5.80. The van der Waals surface area contributed by atoms with Crippen molar-refractivity contribution in [1.29, 1.82) is 0 Å². The zero-order chi connectivity index (χ0) is 20.4. The van der Waals surface area contributed by atoms with Crippen LogP contribution in [0.25, 0.3) is 12.2 Å². The number of rotatable bonds is 1. The van der Waals surface area contributed by atoms with Gasteiger partial charge in [-0.2, -0.15) is 0 Å². The summed E-state index contributed by atoms with van der Waals surface area (Å²) in [6.45, 7) is 8.70. The van der Waals surface area contributed by atoms with E-state index in [1.165, 1.54) is 5.56 Å². The maximum Gasteiger partial charge on any atom is 0.135 e. The predicted octanol–water partition coefficient (Wildman–Crippen LogP) is 5.48. The molecule has 0 spiro atoms. The molecule has 0 aliphatic carbocycles. The van der Waals surface area contributed by atoms with E-state index < -0.39 is 5.60 Å². The Morgan fingerprint density at radius 1 is 0.931 bits per heavy atom. The molecule has 0 saturated carbocycles. The van der Waals surface area contributed by atoms with Crippen LogP contribution in [0.5, 0.6) is 23.0 Å². The first-order valence-electron chi connectivity index (χ1n) is 10.1. The van der Waals surface area contributed by atoms with Crippen LogP contribution in [-0.2, 0) is 6.42 Å². The van der Waals surface area contributed by atoms with Crippen molar-refractivity contribution in [3.8, 4) is 23.0 Å². The van der Waals surface area contributed by atoms with Crippen LogP contribution < -0.4 is 14.2 Å². The fourth-order valence-electron chi connectivity index (χ4n) is 4.24. The van der Waals surface area contributed by atoms with Crippen LogP contribution in [0.15, 0.2) is 36.4 Å². The largest absolute Gasteiger partial charge is 0.507 e. The van der Waals surface area contributed by atoms with Gasteiger partial charge in [0.2, 0.25) is 0 Å². The Kier molecular flexibility index (Phi) is 3.79. The zero-order valence-corrected chi connectivity index (χ0v) is 17.3. The van der Waals surface area contributed by atoms with Gasteiger partial charge < -0.3 is 19.3 Å². The number of phenols is 1. The first kappa shape index (κ1) is 18.2. The monoisotopic (exact) mass is 390 g/mol. The fourth-order valence-corrected chi connectivity index (χ4v) is 4.24. The van der Waals surface area contributed by atoms with E-state index in [-0.39, 0.29) is 17.3 Å². The summed E-state index contributed by atoms with van der Waals surface area (Å²) in [5, 5.41) is 10.3. The fraction of sp³-hybridized carbons (Fsp3) is 0.360. The molecule has 150 valence electrons. The van der Waals surface area contributed by atoms with Crippen molar-refractivity contribution >= 4 is 12.2 Å². The first-order valence-corrected chi connectivity index (χ1v) is 10.1. The van der Waals surface area contributed by atoms with E-state index in [0.29, 0.717) is 6.61 Å². The molecule has 4 nitrogen and oxygen atoms in total. The van der Waals surface area contributed by atoms with Gasteiger partial charge in [-0.3, -0.25) is 0 Å². The number of hydrogen-bond donors (Lipinski definition) is 1. The number of hydrogen-bond acceptors (Lipinski definition) is 4. The Balaban J connectivity index is 1.51. The highest BCUT2D eigenvalue weighted by atomic mass is 16.5. The van der Waals surface area contributed by atoms with Crippen LogP contribution in [0, 0.1) is 0 Å². The molecule has 0 aromatic heterocycles. The molecule has 3 heterocycles. The summed E-state index contributed by atoms with van der Waals surface area (Å²) in [4.78, 5) is 0. The highest BCUT2D eigenvalue weighted by Crippen LogP contribution is 2.46. The van der Waals surface area contributed by atoms with E-state index in [0.717, 1.165) is 40.4 Å². The highest BCUT2D eigenvalue weighted by molar-refractivity contribution is 5.70. The van der Waals surface area contributed by atoms with Crippen molar-refractivity contribution in [1.82, 2.24) is 0 Å². The minimum Gasteiger partial charge on any atom is -0.507 e. The maximum absolute atomic E-state index is 10.3.